The number of nitrogens with zero attached hydrogens (tertiary/aromatic N) is 1. The Hall–Kier alpha value is -1.37. The first-order valence-corrected chi connectivity index (χ1v) is 8.61. The van der Waals surface area contributed by atoms with Gasteiger partial charge in [-0.1, -0.05) is 45.8 Å². The number of anilines is 1. The molecule has 0 amide bonds. The number of benzene rings is 2. The molecule has 0 unspecified atom stereocenters. The lowest BCUT2D eigenvalue weighted by molar-refractivity contribution is 0.467. The Balaban J connectivity index is 2.30. The number of nitrogen functional groups attached to an aromatic ring is 1. The molecule has 2 N–H and O–H groups in total. The molecule has 0 aromatic heterocycles. The zero-order valence-corrected chi connectivity index (χ0v) is 14.3. The van der Waals surface area contributed by atoms with Gasteiger partial charge in [-0.2, -0.15) is 4.31 Å². The third-order valence-electron chi connectivity index (χ3n) is 3.15. The van der Waals surface area contributed by atoms with Gasteiger partial charge in [0, 0.05) is 18.1 Å². The molecule has 0 fully saturated rings. The van der Waals surface area contributed by atoms with Crippen LogP contribution in [0.4, 0.5) is 5.69 Å². The predicted molar refractivity (Wildman–Crippen MR) is 88.4 cm³/mol. The van der Waals surface area contributed by atoms with Crippen LogP contribution in [-0.4, -0.2) is 19.8 Å². The zero-order valence-electron chi connectivity index (χ0n) is 11.9. The van der Waals surface area contributed by atoms with Crippen molar-refractivity contribution in [1.82, 2.24) is 4.31 Å². The van der Waals surface area contributed by atoms with Gasteiger partial charge in [-0.25, -0.2) is 8.42 Å². The van der Waals surface area contributed by atoms with Crippen molar-refractivity contribution in [2.75, 3.05) is 12.8 Å². The molecule has 4 nitrogen and oxygen atoms in total. The number of aryl methyl sites for hydroxylation is 1. The van der Waals surface area contributed by atoms with Gasteiger partial charge in [-0.3, -0.25) is 0 Å². The van der Waals surface area contributed by atoms with Gasteiger partial charge in [-0.05, 0) is 30.7 Å². The quantitative estimate of drug-likeness (QED) is 0.842. The van der Waals surface area contributed by atoms with Gasteiger partial charge < -0.3 is 5.73 Å². The second-order valence-corrected chi connectivity index (χ2v) is 7.86. The summed E-state index contributed by atoms with van der Waals surface area (Å²) in [5.74, 6) is 0. The minimum Gasteiger partial charge on any atom is -0.398 e. The Morgan fingerprint density at radius 3 is 2.52 bits per heavy atom. The molecule has 6 heteroatoms. The van der Waals surface area contributed by atoms with E-state index in [1.54, 1.807) is 19.2 Å². The second kappa shape index (κ2) is 6.17. The smallest absolute Gasteiger partial charge is 0.245 e. The van der Waals surface area contributed by atoms with Crippen LogP contribution in [0.15, 0.2) is 51.8 Å². The highest BCUT2D eigenvalue weighted by atomic mass is 79.9. The average molecular weight is 369 g/mol. The fourth-order valence-electron chi connectivity index (χ4n) is 2.07. The predicted octanol–water partition coefficient (Wildman–Crippen LogP) is 3.16. The van der Waals surface area contributed by atoms with Gasteiger partial charge in [0.25, 0.3) is 0 Å². The number of rotatable bonds is 4. The number of hydrogen-bond acceptors (Lipinski definition) is 3. The third-order valence-corrected chi connectivity index (χ3v) is 5.52. The summed E-state index contributed by atoms with van der Waals surface area (Å²) < 4.78 is 27.2. The molecule has 112 valence electrons. The first-order valence-electron chi connectivity index (χ1n) is 6.37. The van der Waals surface area contributed by atoms with E-state index in [9.17, 15) is 8.42 Å². The van der Waals surface area contributed by atoms with Gasteiger partial charge in [0.1, 0.15) is 4.90 Å². The highest BCUT2D eigenvalue weighted by Gasteiger charge is 2.23. The zero-order chi connectivity index (χ0) is 15.6. The Labute approximate surface area is 133 Å². The van der Waals surface area contributed by atoms with Crippen molar-refractivity contribution in [3.8, 4) is 0 Å². The fourth-order valence-corrected chi connectivity index (χ4v) is 3.71. The van der Waals surface area contributed by atoms with E-state index in [0.29, 0.717) is 6.54 Å². The lowest BCUT2D eigenvalue weighted by atomic mass is 10.1. The summed E-state index contributed by atoms with van der Waals surface area (Å²) in [5, 5.41) is 0. The molecule has 2 rings (SSSR count). The van der Waals surface area contributed by atoms with Crippen LogP contribution in [0.25, 0.3) is 0 Å². The lowest BCUT2D eigenvalue weighted by Gasteiger charge is -2.18. The number of hydrogen-bond donors (Lipinski definition) is 1. The molecular weight excluding hydrogens is 352 g/mol. The molecular formula is C15H17BrN2O2S. The molecule has 0 saturated heterocycles. The van der Waals surface area contributed by atoms with E-state index < -0.39 is 10.0 Å². The highest BCUT2D eigenvalue weighted by Crippen LogP contribution is 2.26. The number of nitrogens with two attached hydrogens (primary N) is 1. The van der Waals surface area contributed by atoms with Gasteiger partial charge in [-0.15, -0.1) is 0 Å². The monoisotopic (exact) mass is 368 g/mol. The largest absolute Gasteiger partial charge is 0.398 e. The van der Waals surface area contributed by atoms with Crippen LogP contribution in [0.2, 0.25) is 0 Å². The normalized spacial score (nSPS) is 11.8. The van der Waals surface area contributed by atoms with Gasteiger partial charge in [0.15, 0.2) is 0 Å². The van der Waals surface area contributed by atoms with Crippen molar-refractivity contribution >= 4 is 31.6 Å². The van der Waals surface area contributed by atoms with Crippen LogP contribution >= 0.6 is 15.9 Å². The Kier molecular flexibility index (Phi) is 4.70. The molecule has 0 atom stereocenters. The molecule has 0 saturated carbocycles. The summed E-state index contributed by atoms with van der Waals surface area (Å²) in [5.41, 5.74) is 8.10. The fraction of sp³-hybridized carbons (Fsp3) is 0.200. The van der Waals surface area contributed by atoms with E-state index in [4.69, 9.17) is 5.73 Å². The molecule has 0 bridgehead atoms. The van der Waals surface area contributed by atoms with Crippen molar-refractivity contribution in [3.05, 3.63) is 58.1 Å². The summed E-state index contributed by atoms with van der Waals surface area (Å²) in [6.07, 6.45) is 0. The maximum absolute atomic E-state index is 12.6. The van der Waals surface area contributed by atoms with Crippen LogP contribution in [-0.2, 0) is 16.6 Å². The van der Waals surface area contributed by atoms with Crippen LogP contribution < -0.4 is 5.73 Å². The molecule has 0 aliphatic heterocycles. The van der Waals surface area contributed by atoms with Crippen LogP contribution in [0.1, 0.15) is 11.1 Å². The van der Waals surface area contributed by atoms with E-state index in [1.165, 1.54) is 10.4 Å². The third kappa shape index (κ3) is 3.64. The molecule has 2 aromatic rings. The minimum absolute atomic E-state index is 0.126. The number of halogens is 1. The lowest BCUT2D eigenvalue weighted by Crippen LogP contribution is -2.27. The molecule has 0 heterocycles. The first kappa shape index (κ1) is 16.0. The molecule has 0 radical (unpaired) electrons. The summed E-state index contributed by atoms with van der Waals surface area (Å²) in [7, 11) is -2.06. The Bertz CT molecular complexity index is 760. The van der Waals surface area contributed by atoms with Crippen molar-refractivity contribution < 1.29 is 8.42 Å². The van der Waals surface area contributed by atoms with Gasteiger partial charge in [0.2, 0.25) is 10.0 Å². The molecule has 0 spiro atoms. The average Bonchev–Trinajstić information content (AvgIpc) is 2.38. The maximum Gasteiger partial charge on any atom is 0.245 e. The summed E-state index contributed by atoms with van der Waals surface area (Å²) >= 11 is 3.27. The van der Waals surface area contributed by atoms with Crippen molar-refractivity contribution in [3.63, 3.8) is 0 Å². The molecule has 0 aliphatic rings. The van der Waals surface area contributed by atoms with Gasteiger partial charge in [0.05, 0.1) is 5.69 Å². The van der Waals surface area contributed by atoms with E-state index in [2.05, 4.69) is 15.9 Å². The summed E-state index contributed by atoms with van der Waals surface area (Å²) in [4.78, 5) is 0.126. The molecule has 21 heavy (non-hydrogen) atoms. The van der Waals surface area contributed by atoms with Crippen LogP contribution in [0, 0.1) is 6.92 Å². The second-order valence-electron chi connectivity index (χ2n) is 4.93. The topological polar surface area (TPSA) is 63.4 Å². The maximum atomic E-state index is 12.6. The van der Waals surface area contributed by atoms with Crippen molar-refractivity contribution in [2.24, 2.45) is 0 Å². The number of sulfonamides is 1. The minimum atomic E-state index is -3.61. The first-order chi connectivity index (χ1) is 9.80. The van der Waals surface area contributed by atoms with Crippen molar-refractivity contribution in [2.45, 2.75) is 18.4 Å². The van der Waals surface area contributed by atoms with Crippen LogP contribution in [0.3, 0.4) is 0 Å². The van der Waals surface area contributed by atoms with E-state index >= 15 is 0 Å². The Morgan fingerprint density at radius 1 is 1.19 bits per heavy atom. The van der Waals surface area contributed by atoms with E-state index in [1.807, 2.05) is 31.2 Å². The molecule has 2 aromatic carbocycles. The molecule has 0 aliphatic carbocycles. The van der Waals surface area contributed by atoms with E-state index in [-0.39, 0.29) is 10.6 Å². The highest BCUT2D eigenvalue weighted by molar-refractivity contribution is 9.10. The van der Waals surface area contributed by atoms with Gasteiger partial charge >= 0.3 is 0 Å². The Morgan fingerprint density at radius 2 is 1.90 bits per heavy atom. The SMILES string of the molecule is Cc1cccc(CN(C)S(=O)(=O)c2ccc(Br)cc2N)c1. The van der Waals surface area contributed by atoms with Crippen molar-refractivity contribution in [1.29, 1.82) is 0 Å². The van der Waals surface area contributed by atoms with Crippen LogP contribution in [0.5, 0.6) is 0 Å². The summed E-state index contributed by atoms with van der Waals surface area (Å²) in [6, 6.07) is 12.5. The summed E-state index contributed by atoms with van der Waals surface area (Å²) in [6.45, 7) is 2.28. The van der Waals surface area contributed by atoms with E-state index in [0.717, 1.165) is 15.6 Å². The standard InChI is InChI=1S/C15H17BrN2O2S/c1-11-4-3-5-12(8-11)10-18(2)21(19,20)15-7-6-13(16)9-14(15)17/h3-9H,10,17H2,1-2H3.